The smallest absolute Gasteiger partial charge is 0.0897 e. The van der Waals surface area contributed by atoms with Crippen molar-refractivity contribution < 1.29 is 14.6 Å². The zero-order chi connectivity index (χ0) is 12.4. The molecule has 0 aromatic heterocycles. The predicted molar refractivity (Wildman–Crippen MR) is 65.7 cm³/mol. The molecule has 0 amide bonds. The van der Waals surface area contributed by atoms with E-state index in [1.54, 1.807) is 7.11 Å². The fourth-order valence-corrected chi connectivity index (χ4v) is 1.46. The van der Waals surface area contributed by atoms with Gasteiger partial charge >= 0.3 is 0 Å². The summed E-state index contributed by atoms with van der Waals surface area (Å²) in [6.45, 7) is 7.70. The summed E-state index contributed by atoms with van der Waals surface area (Å²) in [6.07, 6.45) is 1.89. The van der Waals surface area contributed by atoms with Crippen LogP contribution in [0.1, 0.15) is 33.6 Å². The van der Waals surface area contributed by atoms with Gasteiger partial charge in [0.05, 0.1) is 25.4 Å². The zero-order valence-electron chi connectivity index (χ0n) is 11.0. The minimum Gasteiger partial charge on any atom is -0.389 e. The standard InChI is InChI=1S/C12H27NO3/c1-5-6-11(8-15-4)13-7-12(14)9-16-10(2)3/h10-14H,5-9H2,1-4H3. The minimum absolute atomic E-state index is 0.167. The van der Waals surface area contributed by atoms with Gasteiger partial charge in [-0.15, -0.1) is 0 Å². The topological polar surface area (TPSA) is 50.7 Å². The summed E-state index contributed by atoms with van der Waals surface area (Å²) in [5, 5.41) is 12.9. The van der Waals surface area contributed by atoms with Crippen LogP contribution in [0.25, 0.3) is 0 Å². The van der Waals surface area contributed by atoms with Crippen molar-refractivity contribution in [2.45, 2.75) is 51.9 Å². The molecule has 0 saturated carbocycles. The average Bonchev–Trinajstić information content (AvgIpc) is 2.23. The van der Waals surface area contributed by atoms with Gasteiger partial charge in [0.15, 0.2) is 0 Å². The molecule has 4 nitrogen and oxygen atoms in total. The number of aliphatic hydroxyl groups excluding tert-OH is 1. The van der Waals surface area contributed by atoms with Gasteiger partial charge in [0.2, 0.25) is 0 Å². The molecule has 0 heterocycles. The third-order valence-electron chi connectivity index (χ3n) is 2.27. The predicted octanol–water partition coefficient (Wildman–Crippen LogP) is 1.18. The second kappa shape index (κ2) is 10.0. The molecule has 0 fully saturated rings. The molecule has 0 saturated heterocycles. The second-order valence-electron chi connectivity index (χ2n) is 4.39. The fourth-order valence-electron chi connectivity index (χ4n) is 1.46. The lowest BCUT2D eigenvalue weighted by Gasteiger charge is -2.20. The SMILES string of the molecule is CCCC(COC)NCC(O)COC(C)C. The van der Waals surface area contributed by atoms with Gasteiger partial charge in [0.25, 0.3) is 0 Å². The Kier molecular flexibility index (Phi) is 9.92. The summed E-state index contributed by atoms with van der Waals surface area (Å²) in [5.41, 5.74) is 0. The Morgan fingerprint density at radius 1 is 1.25 bits per heavy atom. The number of rotatable bonds is 10. The molecular formula is C12H27NO3. The highest BCUT2D eigenvalue weighted by atomic mass is 16.5. The Hall–Kier alpha value is -0.160. The van der Waals surface area contributed by atoms with Crippen LogP contribution in [0.2, 0.25) is 0 Å². The first-order chi connectivity index (χ1) is 7.60. The number of aliphatic hydroxyl groups is 1. The first-order valence-corrected chi connectivity index (χ1v) is 6.12. The van der Waals surface area contributed by atoms with Crippen LogP contribution in [0, 0.1) is 0 Å². The summed E-state index contributed by atoms with van der Waals surface area (Å²) in [7, 11) is 1.70. The Labute approximate surface area is 99.3 Å². The summed E-state index contributed by atoms with van der Waals surface area (Å²) in [6, 6.07) is 0.323. The summed E-state index contributed by atoms with van der Waals surface area (Å²) in [5.74, 6) is 0. The van der Waals surface area contributed by atoms with Gasteiger partial charge in [-0.25, -0.2) is 0 Å². The van der Waals surface area contributed by atoms with Crippen LogP contribution in [0.4, 0.5) is 0 Å². The molecule has 2 atom stereocenters. The normalized spacial score (nSPS) is 15.4. The van der Waals surface area contributed by atoms with E-state index in [-0.39, 0.29) is 6.10 Å². The van der Waals surface area contributed by atoms with E-state index >= 15 is 0 Å². The summed E-state index contributed by atoms with van der Waals surface area (Å²) in [4.78, 5) is 0. The number of hydrogen-bond donors (Lipinski definition) is 2. The van der Waals surface area contributed by atoms with Gasteiger partial charge in [0, 0.05) is 19.7 Å². The Balaban J connectivity index is 3.64. The molecule has 0 aliphatic heterocycles. The fraction of sp³-hybridized carbons (Fsp3) is 1.00. The quantitative estimate of drug-likeness (QED) is 0.595. The van der Waals surface area contributed by atoms with Crippen LogP contribution >= 0.6 is 0 Å². The van der Waals surface area contributed by atoms with E-state index in [0.717, 1.165) is 12.8 Å². The van der Waals surface area contributed by atoms with Crippen molar-refractivity contribution in [3.8, 4) is 0 Å². The van der Waals surface area contributed by atoms with Gasteiger partial charge < -0.3 is 19.9 Å². The third kappa shape index (κ3) is 9.09. The van der Waals surface area contributed by atoms with Gasteiger partial charge in [-0.2, -0.15) is 0 Å². The van der Waals surface area contributed by atoms with Crippen LogP contribution in [0.3, 0.4) is 0 Å². The van der Waals surface area contributed by atoms with Crippen molar-refractivity contribution in [2.75, 3.05) is 26.9 Å². The minimum atomic E-state index is -0.446. The van der Waals surface area contributed by atoms with Crippen molar-refractivity contribution in [1.29, 1.82) is 0 Å². The average molecular weight is 233 g/mol. The van der Waals surface area contributed by atoms with Gasteiger partial charge in [-0.05, 0) is 20.3 Å². The van der Waals surface area contributed by atoms with E-state index in [9.17, 15) is 5.11 Å². The van der Waals surface area contributed by atoms with Crippen molar-refractivity contribution in [3.63, 3.8) is 0 Å². The molecule has 0 aliphatic carbocycles. The van der Waals surface area contributed by atoms with Crippen LogP contribution in [0.15, 0.2) is 0 Å². The lowest BCUT2D eigenvalue weighted by molar-refractivity contribution is 0.00421. The highest BCUT2D eigenvalue weighted by Crippen LogP contribution is 1.98. The van der Waals surface area contributed by atoms with Crippen LogP contribution in [-0.2, 0) is 9.47 Å². The van der Waals surface area contributed by atoms with Gasteiger partial charge in [0.1, 0.15) is 0 Å². The maximum absolute atomic E-state index is 9.66. The summed E-state index contributed by atoms with van der Waals surface area (Å²) >= 11 is 0. The largest absolute Gasteiger partial charge is 0.389 e. The molecule has 0 spiro atoms. The number of methoxy groups -OCH3 is 1. The first kappa shape index (κ1) is 15.8. The Bertz CT molecular complexity index is 147. The zero-order valence-corrected chi connectivity index (χ0v) is 11.0. The van der Waals surface area contributed by atoms with E-state index in [1.165, 1.54) is 0 Å². The molecule has 0 aromatic carbocycles. The maximum atomic E-state index is 9.66. The van der Waals surface area contributed by atoms with Crippen molar-refractivity contribution in [1.82, 2.24) is 5.32 Å². The number of nitrogens with one attached hydrogen (secondary N) is 1. The number of ether oxygens (including phenoxy) is 2. The van der Waals surface area contributed by atoms with Crippen molar-refractivity contribution in [3.05, 3.63) is 0 Å². The molecule has 0 radical (unpaired) electrons. The van der Waals surface area contributed by atoms with E-state index in [4.69, 9.17) is 9.47 Å². The van der Waals surface area contributed by atoms with Crippen molar-refractivity contribution >= 4 is 0 Å². The van der Waals surface area contributed by atoms with E-state index in [1.807, 2.05) is 13.8 Å². The molecular weight excluding hydrogens is 206 g/mol. The molecule has 16 heavy (non-hydrogen) atoms. The van der Waals surface area contributed by atoms with E-state index < -0.39 is 6.10 Å². The molecule has 98 valence electrons. The molecule has 0 aromatic rings. The highest BCUT2D eigenvalue weighted by molar-refractivity contribution is 4.68. The van der Waals surface area contributed by atoms with E-state index in [0.29, 0.717) is 25.8 Å². The number of hydrogen-bond acceptors (Lipinski definition) is 4. The van der Waals surface area contributed by atoms with Crippen LogP contribution in [0.5, 0.6) is 0 Å². The molecule has 2 N–H and O–H groups in total. The Morgan fingerprint density at radius 2 is 1.94 bits per heavy atom. The van der Waals surface area contributed by atoms with Crippen LogP contribution < -0.4 is 5.32 Å². The molecule has 0 bridgehead atoms. The van der Waals surface area contributed by atoms with Crippen molar-refractivity contribution in [2.24, 2.45) is 0 Å². The molecule has 0 rings (SSSR count). The monoisotopic (exact) mass is 233 g/mol. The van der Waals surface area contributed by atoms with Gasteiger partial charge in [-0.3, -0.25) is 0 Å². The molecule has 2 unspecified atom stereocenters. The lowest BCUT2D eigenvalue weighted by atomic mass is 10.2. The Morgan fingerprint density at radius 3 is 2.44 bits per heavy atom. The second-order valence-corrected chi connectivity index (χ2v) is 4.39. The first-order valence-electron chi connectivity index (χ1n) is 6.12. The summed E-state index contributed by atoms with van der Waals surface area (Å²) < 4.78 is 10.4. The molecule has 4 heteroatoms. The molecule has 0 aliphatic rings. The lowest BCUT2D eigenvalue weighted by Crippen LogP contribution is -2.40. The maximum Gasteiger partial charge on any atom is 0.0897 e. The van der Waals surface area contributed by atoms with Gasteiger partial charge in [-0.1, -0.05) is 13.3 Å². The van der Waals surface area contributed by atoms with E-state index in [2.05, 4.69) is 12.2 Å². The highest BCUT2D eigenvalue weighted by Gasteiger charge is 2.10. The third-order valence-corrected chi connectivity index (χ3v) is 2.27. The van der Waals surface area contributed by atoms with Crippen LogP contribution in [-0.4, -0.2) is 50.2 Å².